The van der Waals surface area contributed by atoms with Crippen LogP contribution in [0.25, 0.3) is 0 Å². The second kappa shape index (κ2) is 8.39. The molecule has 3 atom stereocenters. The minimum absolute atomic E-state index is 0.321. The zero-order valence-corrected chi connectivity index (χ0v) is 17.7. The SMILES string of the molecule is CCSC1=C(C#N)[C@H](c2cccs2)[C@@H](C(=O)Nc2ccccc2C)[C@](C)(O)N1. The van der Waals surface area contributed by atoms with Crippen LogP contribution in [0.4, 0.5) is 5.69 Å². The number of carbonyl (C=O) groups excluding carboxylic acids is 1. The first-order chi connectivity index (χ1) is 13.4. The average molecular weight is 414 g/mol. The van der Waals surface area contributed by atoms with E-state index in [1.165, 1.54) is 23.1 Å². The Morgan fingerprint density at radius 3 is 2.75 bits per heavy atom. The van der Waals surface area contributed by atoms with E-state index < -0.39 is 17.6 Å². The number of hydrogen-bond acceptors (Lipinski definition) is 6. The number of anilines is 1. The highest BCUT2D eigenvalue weighted by Gasteiger charge is 2.50. The number of carbonyl (C=O) groups is 1. The number of para-hydroxylation sites is 1. The van der Waals surface area contributed by atoms with Gasteiger partial charge < -0.3 is 15.7 Å². The van der Waals surface area contributed by atoms with Gasteiger partial charge in [0.25, 0.3) is 0 Å². The van der Waals surface area contributed by atoms with Crippen molar-refractivity contribution in [2.45, 2.75) is 32.4 Å². The van der Waals surface area contributed by atoms with Crippen LogP contribution in [0.15, 0.2) is 52.4 Å². The average Bonchev–Trinajstić information content (AvgIpc) is 3.17. The molecule has 0 saturated carbocycles. The zero-order valence-electron chi connectivity index (χ0n) is 16.0. The predicted octanol–water partition coefficient (Wildman–Crippen LogP) is 4.20. The van der Waals surface area contributed by atoms with Crippen molar-refractivity contribution in [2.24, 2.45) is 5.92 Å². The molecule has 0 spiro atoms. The molecule has 1 aromatic carbocycles. The van der Waals surface area contributed by atoms with Crippen LogP contribution in [0.1, 0.15) is 30.2 Å². The third-order valence-corrected chi connectivity index (χ3v) is 6.66. The van der Waals surface area contributed by atoms with Crippen molar-refractivity contribution in [3.63, 3.8) is 0 Å². The van der Waals surface area contributed by atoms with Crippen LogP contribution < -0.4 is 10.6 Å². The lowest BCUT2D eigenvalue weighted by atomic mass is 9.76. The number of benzene rings is 1. The summed E-state index contributed by atoms with van der Waals surface area (Å²) in [4.78, 5) is 14.2. The smallest absolute Gasteiger partial charge is 0.233 e. The molecule has 1 amide bonds. The molecule has 2 heterocycles. The van der Waals surface area contributed by atoms with Gasteiger partial charge in [-0.05, 0) is 42.7 Å². The molecule has 5 nitrogen and oxygen atoms in total. The highest BCUT2D eigenvalue weighted by atomic mass is 32.2. The van der Waals surface area contributed by atoms with Gasteiger partial charge in [0.2, 0.25) is 5.91 Å². The molecule has 146 valence electrons. The normalized spacial score (nSPS) is 24.4. The molecule has 3 N–H and O–H groups in total. The number of hydrogen-bond donors (Lipinski definition) is 3. The first-order valence-electron chi connectivity index (χ1n) is 9.06. The number of nitrogens with zero attached hydrogens (tertiary/aromatic N) is 1. The van der Waals surface area contributed by atoms with Crippen LogP contribution in [0, 0.1) is 24.2 Å². The van der Waals surface area contributed by atoms with E-state index in [0.717, 1.165) is 16.2 Å². The molecule has 0 bridgehead atoms. The lowest BCUT2D eigenvalue weighted by Crippen LogP contribution is -2.57. The van der Waals surface area contributed by atoms with Crippen molar-refractivity contribution < 1.29 is 9.90 Å². The van der Waals surface area contributed by atoms with E-state index >= 15 is 0 Å². The van der Waals surface area contributed by atoms with Gasteiger partial charge in [0.1, 0.15) is 5.72 Å². The number of thioether (sulfide) groups is 1. The van der Waals surface area contributed by atoms with Gasteiger partial charge in [0.05, 0.1) is 22.6 Å². The summed E-state index contributed by atoms with van der Waals surface area (Å²) in [5.41, 5.74) is 0.625. The molecule has 0 aliphatic carbocycles. The molecule has 0 fully saturated rings. The van der Waals surface area contributed by atoms with Crippen LogP contribution in [0.2, 0.25) is 0 Å². The summed E-state index contributed by atoms with van der Waals surface area (Å²) in [5.74, 6) is -0.944. The number of amides is 1. The predicted molar refractivity (Wildman–Crippen MR) is 115 cm³/mol. The zero-order chi connectivity index (χ0) is 20.3. The van der Waals surface area contributed by atoms with Crippen LogP contribution in [0.5, 0.6) is 0 Å². The van der Waals surface area contributed by atoms with Crippen molar-refractivity contribution in [3.8, 4) is 6.07 Å². The van der Waals surface area contributed by atoms with Crippen LogP contribution in [0.3, 0.4) is 0 Å². The molecular weight excluding hydrogens is 390 g/mol. The van der Waals surface area contributed by atoms with Crippen LogP contribution in [-0.2, 0) is 4.79 Å². The lowest BCUT2D eigenvalue weighted by Gasteiger charge is -2.43. The summed E-state index contributed by atoms with van der Waals surface area (Å²) in [6.07, 6.45) is 0. The molecule has 28 heavy (non-hydrogen) atoms. The van der Waals surface area contributed by atoms with E-state index in [2.05, 4.69) is 16.7 Å². The van der Waals surface area contributed by atoms with Gasteiger partial charge in [0.15, 0.2) is 0 Å². The molecule has 7 heteroatoms. The second-order valence-electron chi connectivity index (χ2n) is 6.84. The number of aliphatic hydroxyl groups is 1. The topological polar surface area (TPSA) is 85.2 Å². The van der Waals surface area contributed by atoms with Crippen molar-refractivity contribution in [1.82, 2.24) is 5.32 Å². The van der Waals surface area contributed by atoms with E-state index in [4.69, 9.17) is 0 Å². The van der Waals surface area contributed by atoms with Gasteiger partial charge in [-0.1, -0.05) is 31.2 Å². The van der Waals surface area contributed by atoms with E-state index in [0.29, 0.717) is 16.3 Å². The van der Waals surface area contributed by atoms with E-state index in [9.17, 15) is 15.2 Å². The van der Waals surface area contributed by atoms with Gasteiger partial charge in [-0.2, -0.15) is 5.26 Å². The van der Waals surface area contributed by atoms with Crippen LogP contribution in [-0.4, -0.2) is 22.5 Å². The Morgan fingerprint density at radius 2 is 2.14 bits per heavy atom. The van der Waals surface area contributed by atoms with E-state index in [1.807, 2.05) is 55.6 Å². The highest BCUT2D eigenvalue weighted by molar-refractivity contribution is 8.03. The fraction of sp³-hybridized carbons (Fsp3) is 0.333. The summed E-state index contributed by atoms with van der Waals surface area (Å²) in [7, 11) is 0. The largest absolute Gasteiger partial charge is 0.370 e. The molecule has 2 aromatic rings. The monoisotopic (exact) mass is 413 g/mol. The Labute approximate surface area is 173 Å². The van der Waals surface area contributed by atoms with Crippen molar-refractivity contribution in [3.05, 3.63) is 62.8 Å². The number of nitrogens with one attached hydrogen (secondary N) is 2. The molecule has 0 radical (unpaired) electrons. The van der Waals surface area contributed by atoms with Gasteiger partial charge >= 0.3 is 0 Å². The Morgan fingerprint density at radius 1 is 1.39 bits per heavy atom. The third-order valence-electron chi connectivity index (χ3n) is 4.81. The molecule has 1 aliphatic rings. The lowest BCUT2D eigenvalue weighted by molar-refractivity contribution is -0.131. The Hall–Kier alpha value is -2.27. The molecule has 1 aromatic heterocycles. The van der Waals surface area contributed by atoms with Gasteiger partial charge in [0, 0.05) is 16.5 Å². The maximum Gasteiger partial charge on any atom is 0.233 e. The third kappa shape index (κ3) is 3.95. The standard InChI is InChI=1S/C21H23N3O2S2/c1-4-27-20-14(12-22)17(16-10-7-11-28-16)18(21(3,26)24-20)19(25)23-15-9-6-5-8-13(15)2/h5-11,17-18,24,26H,4H2,1-3H3,(H,23,25)/t17-,18+,21+/m1/s1. The maximum atomic E-state index is 13.3. The minimum Gasteiger partial charge on any atom is -0.370 e. The summed E-state index contributed by atoms with van der Waals surface area (Å²) in [6.45, 7) is 5.50. The Balaban J connectivity index is 2.07. The van der Waals surface area contributed by atoms with Crippen molar-refractivity contribution >= 4 is 34.7 Å². The molecule has 3 rings (SSSR count). The molecule has 1 aliphatic heterocycles. The van der Waals surface area contributed by atoms with Crippen LogP contribution >= 0.6 is 23.1 Å². The fourth-order valence-electron chi connectivity index (χ4n) is 3.49. The Bertz CT molecular complexity index is 929. The fourth-order valence-corrected chi connectivity index (χ4v) is 5.26. The Kier molecular flexibility index (Phi) is 6.14. The first kappa shape index (κ1) is 20.5. The van der Waals surface area contributed by atoms with E-state index in [-0.39, 0.29) is 5.91 Å². The quantitative estimate of drug-likeness (QED) is 0.684. The minimum atomic E-state index is -1.50. The number of aryl methyl sites for hydroxylation is 1. The molecular formula is C21H23N3O2S2. The number of rotatable bonds is 5. The maximum absolute atomic E-state index is 13.3. The van der Waals surface area contributed by atoms with Gasteiger partial charge in [-0.3, -0.25) is 4.79 Å². The van der Waals surface area contributed by atoms with Crippen molar-refractivity contribution in [1.29, 1.82) is 5.26 Å². The summed E-state index contributed by atoms with van der Waals surface area (Å²) in [6, 6.07) is 13.6. The summed E-state index contributed by atoms with van der Waals surface area (Å²) >= 11 is 2.95. The number of allylic oxidation sites excluding steroid dienone is 1. The molecule has 0 saturated heterocycles. The number of thiophene rings is 1. The summed E-state index contributed by atoms with van der Waals surface area (Å²) < 4.78 is 0. The second-order valence-corrected chi connectivity index (χ2v) is 9.09. The first-order valence-corrected chi connectivity index (χ1v) is 10.9. The van der Waals surface area contributed by atoms with Crippen molar-refractivity contribution in [2.75, 3.05) is 11.1 Å². The van der Waals surface area contributed by atoms with E-state index in [1.54, 1.807) is 6.92 Å². The molecule has 0 unspecified atom stereocenters. The van der Waals surface area contributed by atoms with Gasteiger partial charge in [-0.25, -0.2) is 0 Å². The summed E-state index contributed by atoms with van der Waals surface area (Å²) in [5, 5.41) is 29.6. The highest BCUT2D eigenvalue weighted by Crippen LogP contribution is 2.46. The number of nitriles is 1. The van der Waals surface area contributed by atoms with Gasteiger partial charge in [-0.15, -0.1) is 23.1 Å².